The van der Waals surface area contributed by atoms with Gasteiger partial charge < -0.3 is 10.1 Å². The molecule has 1 amide bonds. The summed E-state index contributed by atoms with van der Waals surface area (Å²) in [5.74, 6) is 1.31. The Morgan fingerprint density at radius 1 is 1.09 bits per heavy atom. The second-order valence-corrected chi connectivity index (χ2v) is 6.01. The fraction of sp³-hybridized carbons (Fsp3) is 0.350. The van der Waals surface area contributed by atoms with E-state index in [0.29, 0.717) is 25.4 Å². The number of hydrogen-bond acceptors (Lipinski definition) is 2. The van der Waals surface area contributed by atoms with Gasteiger partial charge in [-0.1, -0.05) is 50.2 Å². The monoisotopic (exact) mass is 311 g/mol. The number of ether oxygens (including phenoxy) is 1. The molecule has 23 heavy (non-hydrogen) atoms. The summed E-state index contributed by atoms with van der Waals surface area (Å²) in [6.07, 6.45) is 1.16. The highest BCUT2D eigenvalue weighted by molar-refractivity contribution is 5.91. The van der Waals surface area contributed by atoms with E-state index in [4.69, 9.17) is 4.74 Å². The van der Waals surface area contributed by atoms with Crippen LogP contribution in [0.1, 0.15) is 43.7 Å². The van der Waals surface area contributed by atoms with E-state index in [9.17, 15) is 4.79 Å². The minimum absolute atomic E-state index is 0.0338. The van der Waals surface area contributed by atoms with Crippen molar-refractivity contribution in [3.63, 3.8) is 0 Å². The van der Waals surface area contributed by atoms with Crippen molar-refractivity contribution in [2.24, 2.45) is 0 Å². The Hall–Kier alpha value is -2.29. The molecular formula is C20H25NO2. The average Bonchev–Trinajstić information content (AvgIpc) is 2.53. The highest BCUT2D eigenvalue weighted by Crippen LogP contribution is 2.23. The molecule has 3 nitrogen and oxygen atoms in total. The smallest absolute Gasteiger partial charge is 0.224 e. The summed E-state index contributed by atoms with van der Waals surface area (Å²) in [5, 5.41) is 3.01. The molecule has 0 fully saturated rings. The maximum absolute atomic E-state index is 12.1. The van der Waals surface area contributed by atoms with Crippen molar-refractivity contribution in [1.82, 2.24) is 0 Å². The van der Waals surface area contributed by atoms with Crippen molar-refractivity contribution in [3.05, 3.63) is 59.7 Å². The summed E-state index contributed by atoms with van der Waals surface area (Å²) in [6, 6.07) is 15.9. The quantitative estimate of drug-likeness (QED) is 0.737. The van der Waals surface area contributed by atoms with Crippen LogP contribution in [0.4, 0.5) is 5.69 Å². The zero-order valence-corrected chi connectivity index (χ0v) is 14.1. The largest absolute Gasteiger partial charge is 0.493 e. The molecular weight excluding hydrogens is 286 g/mol. The SMILES string of the molecule is Cc1ccccc1OCCCC(=O)Nc1ccccc1C(C)C. The van der Waals surface area contributed by atoms with Crippen molar-refractivity contribution < 1.29 is 9.53 Å². The lowest BCUT2D eigenvalue weighted by Gasteiger charge is -2.13. The number of aryl methyl sites for hydroxylation is 1. The molecule has 0 radical (unpaired) electrons. The van der Waals surface area contributed by atoms with E-state index in [1.165, 1.54) is 0 Å². The fourth-order valence-corrected chi connectivity index (χ4v) is 2.46. The molecule has 0 bridgehead atoms. The first-order valence-electron chi connectivity index (χ1n) is 8.15. The van der Waals surface area contributed by atoms with Crippen LogP contribution in [0, 0.1) is 6.92 Å². The predicted octanol–water partition coefficient (Wildman–Crippen LogP) is 4.92. The number of nitrogens with one attached hydrogen (secondary N) is 1. The van der Waals surface area contributed by atoms with E-state index in [0.717, 1.165) is 22.6 Å². The molecule has 0 aliphatic rings. The minimum atomic E-state index is 0.0338. The topological polar surface area (TPSA) is 38.3 Å². The second-order valence-electron chi connectivity index (χ2n) is 6.01. The number of hydrogen-bond donors (Lipinski definition) is 1. The maximum atomic E-state index is 12.1. The van der Waals surface area contributed by atoms with Gasteiger partial charge in [-0.25, -0.2) is 0 Å². The van der Waals surface area contributed by atoms with Crippen molar-refractivity contribution in [3.8, 4) is 5.75 Å². The second kappa shape index (κ2) is 8.37. The summed E-state index contributed by atoms with van der Waals surface area (Å²) < 4.78 is 5.72. The molecule has 0 saturated heterocycles. The number of para-hydroxylation sites is 2. The third-order valence-electron chi connectivity index (χ3n) is 3.76. The van der Waals surface area contributed by atoms with Gasteiger partial charge in [0.1, 0.15) is 5.75 Å². The lowest BCUT2D eigenvalue weighted by Crippen LogP contribution is -2.14. The first-order valence-corrected chi connectivity index (χ1v) is 8.15. The van der Waals surface area contributed by atoms with E-state index in [-0.39, 0.29) is 5.91 Å². The van der Waals surface area contributed by atoms with Gasteiger partial charge >= 0.3 is 0 Å². The Labute approximate surface area is 138 Å². The summed E-state index contributed by atoms with van der Waals surface area (Å²) in [7, 11) is 0. The number of anilines is 1. The molecule has 0 aliphatic carbocycles. The lowest BCUT2D eigenvalue weighted by atomic mass is 10.0. The predicted molar refractivity (Wildman–Crippen MR) is 95.1 cm³/mol. The van der Waals surface area contributed by atoms with Crippen LogP contribution in [0.5, 0.6) is 5.75 Å². The van der Waals surface area contributed by atoms with Gasteiger partial charge in [-0.05, 0) is 42.5 Å². The van der Waals surface area contributed by atoms with Gasteiger partial charge in [0.2, 0.25) is 5.91 Å². The first kappa shape index (κ1) is 17.1. The highest BCUT2D eigenvalue weighted by atomic mass is 16.5. The van der Waals surface area contributed by atoms with E-state index in [1.807, 2.05) is 49.4 Å². The zero-order valence-electron chi connectivity index (χ0n) is 14.1. The van der Waals surface area contributed by atoms with Gasteiger partial charge in [0.05, 0.1) is 6.61 Å². The van der Waals surface area contributed by atoms with E-state index < -0.39 is 0 Å². The zero-order chi connectivity index (χ0) is 16.7. The number of benzene rings is 2. The van der Waals surface area contributed by atoms with Crippen LogP contribution in [0.2, 0.25) is 0 Å². The summed E-state index contributed by atoms with van der Waals surface area (Å²) in [5.41, 5.74) is 3.19. The molecule has 0 spiro atoms. The number of carbonyl (C=O) groups is 1. The van der Waals surface area contributed by atoms with Crippen molar-refractivity contribution in [2.75, 3.05) is 11.9 Å². The normalized spacial score (nSPS) is 10.6. The van der Waals surface area contributed by atoms with Crippen LogP contribution >= 0.6 is 0 Å². The molecule has 1 N–H and O–H groups in total. The number of carbonyl (C=O) groups excluding carboxylic acids is 1. The van der Waals surface area contributed by atoms with Gasteiger partial charge in [-0.15, -0.1) is 0 Å². The number of rotatable bonds is 7. The van der Waals surface area contributed by atoms with E-state index >= 15 is 0 Å². The van der Waals surface area contributed by atoms with Crippen LogP contribution in [0.25, 0.3) is 0 Å². The molecule has 3 heteroatoms. The molecule has 0 unspecified atom stereocenters. The standard InChI is InChI=1S/C20H25NO2/c1-15(2)17-10-5-6-11-18(17)21-20(22)13-8-14-23-19-12-7-4-9-16(19)3/h4-7,9-12,15H,8,13-14H2,1-3H3,(H,21,22). The molecule has 122 valence electrons. The van der Waals surface area contributed by atoms with Gasteiger partial charge in [0.25, 0.3) is 0 Å². The fourth-order valence-electron chi connectivity index (χ4n) is 2.46. The van der Waals surface area contributed by atoms with Gasteiger partial charge in [-0.2, -0.15) is 0 Å². The minimum Gasteiger partial charge on any atom is -0.493 e. The molecule has 2 rings (SSSR count). The van der Waals surface area contributed by atoms with Crippen molar-refractivity contribution >= 4 is 11.6 Å². The van der Waals surface area contributed by atoms with Crippen molar-refractivity contribution in [2.45, 2.75) is 39.5 Å². The Kier molecular flexibility index (Phi) is 6.21. The average molecular weight is 311 g/mol. The van der Waals surface area contributed by atoms with Crippen molar-refractivity contribution in [1.29, 1.82) is 0 Å². The number of amides is 1. The van der Waals surface area contributed by atoms with Gasteiger partial charge in [0, 0.05) is 12.1 Å². The summed E-state index contributed by atoms with van der Waals surface area (Å²) in [4.78, 5) is 12.1. The summed E-state index contributed by atoms with van der Waals surface area (Å²) in [6.45, 7) is 6.82. The molecule has 0 aromatic heterocycles. The highest BCUT2D eigenvalue weighted by Gasteiger charge is 2.09. The van der Waals surface area contributed by atoms with Gasteiger partial charge in [-0.3, -0.25) is 4.79 Å². The third kappa shape index (κ3) is 5.13. The van der Waals surface area contributed by atoms with E-state index in [1.54, 1.807) is 0 Å². The molecule has 0 saturated carbocycles. The van der Waals surface area contributed by atoms with Crippen LogP contribution in [0.15, 0.2) is 48.5 Å². The third-order valence-corrected chi connectivity index (χ3v) is 3.76. The lowest BCUT2D eigenvalue weighted by molar-refractivity contribution is -0.116. The molecule has 2 aromatic rings. The molecule has 0 atom stereocenters. The Balaban J connectivity index is 1.79. The molecule has 2 aromatic carbocycles. The van der Waals surface area contributed by atoms with Gasteiger partial charge in [0.15, 0.2) is 0 Å². The van der Waals surface area contributed by atoms with Crippen LogP contribution in [0.3, 0.4) is 0 Å². The van der Waals surface area contributed by atoms with Crippen LogP contribution in [-0.4, -0.2) is 12.5 Å². The maximum Gasteiger partial charge on any atom is 0.224 e. The van der Waals surface area contributed by atoms with E-state index in [2.05, 4.69) is 25.2 Å². The Morgan fingerprint density at radius 2 is 1.78 bits per heavy atom. The molecule has 0 heterocycles. The Morgan fingerprint density at radius 3 is 2.52 bits per heavy atom. The van der Waals surface area contributed by atoms with Crippen LogP contribution in [-0.2, 0) is 4.79 Å². The summed E-state index contributed by atoms with van der Waals surface area (Å²) >= 11 is 0. The first-order chi connectivity index (χ1) is 11.1. The van der Waals surface area contributed by atoms with Crippen LogP contribution < -0.4 is 10.1 Å². The Bertz CT molecular complexity index is 650. The molecule has 0 aliphatic heterocycles.